The van der Waals surface area contributed by atoms with E-state index >= 15 is 0 Å². The molecule has 0 unspecified atom stereocenters. The molecule has 4 heteroatoms. The summed E-state index contributed by atoms with van der Waals surface area (Å²) in [4.78, 5) is 7.29. The zero-order valence-electron chi connectivity index (χ0n) is 7.26. The number of H-pyrrole nitrogens is 1. The van der Waals surface area contributed by atoms with Crippen molar-refractivity contribution < 1.29 is 0 Å². The second-order valence-electron chi connectivity index (χ2n) is 2.92. The van der Waals surface area contributed by atoms with Crippen molar-refractivity contribution in [2.75, 3.05) is 5.73 Å². The Balaban J connectivity index is 2.77. The van der Waals surface area contributed by atoms with Gasteiger partial charge in [-0.15, -0.1) is 0 Å². The third-order valence-corrected chi connectivity index (χ3v) is 2.30. The summed E-state index contributed by atoms with van der Waals surface area (Å²) in [5.41, 5.74) is 8.47. The van der Waals surface area contributed by atoms with Crippen molar-refractivity contribution in [1.82, 2.24) is 9.97 Å². The molecule has 0 aliphatic rings. The largest absolute Gasteiger partial charge is 0.397 e. The van der Waals surface area contributed by atoms with Crippen molar-refractivity contribution in [3.63, 3.8) is 0 Å². The molecule has 68 valence electrons. The quantitative estimate of drug-likeness (QED) is 0.734. The SMILES string of the molecule is CCc1[nH]c2ncc(Cl)cc2c1N. The Hall–Kier alpha value is -1.22. The van der Waals surface area contributed by atoms with E-state index in [1.54, 1.807) is 6.20 Å². The third kappa shape index (κ3) is 1.25. The number of halogens is 1. The first kappa shape index (κ1) is 8.38. The molecule has 13 heavy (non-hydrogen) atoms. The molecular formula is C9H10ClN3. The Morgan fingerprint density at radius 3 is 3.08 bits per heavy atom. The fourth-order valence-electron chi connectivity index (χ4n) is 1.40. The Morgan fingerprint density at radius 2 is 2.38 bits per heavy atom. The van der Waals surface area contributed by atoms with Crippen LogP contribution >= 0.6 is 11.6 Å². The molecule has 0 bridgehead atoms. The number of nitrogen functional groups attached to an aromatic ring is 1. The molecule has 0 aromatic carbocycles. The summed E-state index contributed by atoms with van der Waals surface area (Å²) in [5.74, 6) is 0. The summed E-state index contributed by atoms with van der Waals surface area (Å²) in [6.45, 7) is 2.04. The van der Waals surface area contributed by atoms with Gasteiger partial charge >= 0.3 is 0 Å². The number of nitrogens with zero attached hydrogens (tertiary/aromatic N) is 1. The lowest BCUT2D eigenvalue weighted by atomic mass is 10.2. The third-order valence-electron chi connectivity index (χ3n) is 2.09. The fourth-order valence-corrected chi connectivity index (χ4v) is 1.55. The molecule has 0 saturated carbocycles. The second-order valence-corrected chi connectivity index (χ2v) is 3.36. The van der Waals surface area contributed by atoms with Gasteiger partial charge in [-0.25, -0.2) is 4.98 Å². The molecule has 0 aliphatic carbocycles. The highest BCUT2D eigenvalue weighted by molar-refractivity contribution is 6.31. The Kier molecular flexibility index (Phi) is 1.88. The van der Waals surface area contributed by atoms with E-state index in [1.807, 2.05) is 13.0 Å². The highest BCUT2D eigenvalue weighted by atomic mass is 35.5. The van der Waals surface area contributed by atoms with Gasteiger partial charge in [0.25, 0.3) is 0 Å². The standard InChI is InChI=1S/C9H10ClN3/c1-2-7-8(11)6-3-5(10)4-12-9(6)13-7/h3-4H,2,11H2,1H3,(H,12,13). The Labute approximate surface area is 80.9 Å². The average molecular weight is 196 g/mol. The topological polar surface area (TPSA) is 54.7 Å². The van der Waals surface area contributed by atoms with Gasteiger partial charge in [0.15, 0.2) is 0 Å². The predicted octanol–water partition coefficient (Wildman–Crippen LogP) is 2.36. The minimum absolute atomic E-state index is 0.612. The van der Waals surface area contributed by atoms with Gasteiger partial charge in [0.1, 0.15) is 5.65 Å². The molecule has 0 radical (unpaired) electrons. The number of rotatable bonds is 1. The van der Waals surface area contributed by atoms with Gasteiger partial charge in [0, 0.05) is 17.3 Å². The molecule has 2 aromatic heterocycles. The number of hydrogen-bond donors (Lipinski definition) is 2. The minimum Gasteiger partial charge on any atom is -0.397 e. The van der Waals surface area contributed by atoms with Crippen LogP contribution in [0.25, 0.3) is 11.0 Å². The normalized spacial score (nSPS) is 10.9. The number of anilines is 1. The first-order valence-electron chi connectivity index (χ1n) is 4.14. The molecule has 0 atom stereocenters. The van der Waals surface area contributed by atoms with E-state index in [4.69, 9.17) is 17.3 Å². The maximum atomic E-state index is 5.89. The maximum Gasteiger partial charge on any atom is 0.139 e. The van der Waals surface area contributed by atoms with E-state index in [-0.39, 0.29) is 0 Å². The van der Waals surface area contributed by atoms with Gasteiger partial charge in [0.05, 0.1) is 10.7 Å². The average Bonchev–Trinajstić information content (AvgIpc) is 2.44. The van der Waals surface area contributed by atoms with Crippen LogP contribution in [0.4, 0.5) is 5.69 Å². The molecule has 2 heterocycles. The van der Waals surface area contributed by atoms with Crippen molar-refractivity contribution in [3.8, 4) is 0 Å². The van der Waals surface area contributed by atoms with Crippen LogP contribution in [0.5, 0.6) is 0 Å². The zero-order chi connectivity index (χ0) is 9.42. The van der Waals surface area contributed by atoms with E-state index in [1.165, 1.54) is 0 Å². The maximum absolute atomic E-state index is 5.89. The number of pyridine rings is 1. The first-order chi connectivity index (χ1) is 6.22. The van der Waals surface area contributed by atoms with Crippen LogP contribution in [0.2, 0.25) is 5.02 Å². The lowest BCUT2D eigenvalue weighted by molar-refractivity contribution is 1.07. The van der Waals surface area contributed by atoms with Crippen LogP contribution in [0.3, 0.4) is 0 Å². The van der Waals surface area contributed by atoms with Crippen molar-refractivity contribution in [1.29, 1.82) is 0 Å². The minimum atomic E-state index is 0.612. The zero-order valence-corrected chi connectivity index (χ0v) is 8.02. The first-order valence-corrected chi connectivity index (χ1v) is 4.51. The van der Waals surface area contributed by atoms with Crippen molar-refractivity contribution in [2.24, 2.45) is 0 Å². The number of aromatic nitrogens is 2. The van der Waals surface area contributed by atoms with Gasteiger partial charge in [-0.2, -0.15) is 0 Å². The van der Waals surface area contributed by atoms with Gasteiger partial charge in [0.2, 0.25) is 0 Å². The van der Waals surface area contributed by atoms with Gasteiger partial charge in [-0.3, -0.25) is 0 Å². The monoisotopic (exact) mass is 195 g/mol. The number of aromatic amines is 1. The summed E-state index contributed by atoms with van der Waals surface area (Å²) >= 11 is 5.81. The van der Waals surface area contributed by atoms with Crippen LogP contribution in [-0.2, 0) is 6.42 Å². The van der Waals surface area contributed by atoms with Crippen LogP contribution in [0, 0.1) is 0 Å². The highest BCUT2D eigenvalue weighted by Crippen LogP contribution is 2.25. The van der Waals surface area contributed by atoms with Crippen molar-refractivity contribution in [2.45, 2.75) is 13.3 Å². The van der Waals surface area contributed by atoms with Crippen LogP contribution in [-0.4, -0.2) is 9.97 Å². The van der Waals surface area contributed by atoms with Crippen LogP contribution in [0.1, 0.15) is 12.6 Å². The smallest absolute Gasteiger partial charge is 0.139 e. The summed E-state index contributed by atoms with van der Waals surface area (Å²) in [7, 11) is 0. The molecule has 2 rings (SSSR count). The van der Waals surface area contributed by atoms with E-state index in [2.05, 4.69) is 9.97 Å². The number of nitrogens with two attached hydrogens (primary N) is 1. The molecule has 0 aliphatic heterocycles. The lowest BCUT2D eigenvalue weighted by Gasteiger charge is -1.92. The number of aryl methyl sites for hydroxylation is 1. The summed E-state index contributed by atoms with van der Waals surface area (Å²) < 4.78 is 0. The summed E-state index contributed by atoms with van der Waals surface area (Å²) in [5, 5.41) is 1.52. The Bertz CT molecular complexity index is 447. The van der Waals surface area contributed by atoms with E-state index < -0.39 is 0 Å². The van der Waals surface area contributed by atoms with Gasteiger partial charge in [-0.05, 0) is 12.5 Å². The summed E-state index contributed by atoms with van der Waals surface area (Å²) in [6.07, 6.45) is 2.49. The van der Waals surface area contributed by atoms with E-state index in [0.29, 0.717) is 5.02 Å². The van der Waals surface area contributed by atoms with Crippen molar-refractivity contribution in [3.05, 3.63) is 23.0 Å². The molecule has 0 spiro atoms. The van der Waals surface area contributed by atoms with Crippen molar-refractivity contribution >= 4 is 28.3 Å². The van der Waals surface area contributed by atoms with E-state index in [0.717, 1.165) is 28.8 Å². The fraction of sp³-hybridized carbons (Fsp3) is 0.222. The Morgan fingerprint density at radius 1 is 1.62 bits per heavy atom. The predicted molar refractivity (Wildman–Crippen MR) is 54.9 cm³/mol. The molecule has 3 N–H and O–H groups in total. The number of nitrogens with one attached hydrogen (secondary N) is 1. The summed E-state index contributed by atoms with van der Waals surface area (Å²) in [6, 6.07) is 1.83. The molecule has 0 amide bonds. The van der Waals surface area contributed by atoms with E-state index in [9.17, 15) is 0 Å². The molecule has 0 saturated heterocycles. The number of fused-ring (bicyclic) bond motifs is 1. The molecule has 0 fully saturated rings. The number of hydrogen-bond acceptors (Lipinski definition) is 2. The molecule has 3 nitrogen and oxygen atoms in total. The van der Waals surface area contributed by atoms with Gasteiger partial charge < -0.3 is 10.7 Å². The second kappa shape index (κ2) is 2.92. The lowest BCUT2D eigenvalue weighted by Crippen LogP contribution is -1.88. The highest BCUT2D eigenvalue weighted by Gasteiger charge is 2.07. The van der Waals surface area contributed by atoms with Crippen LogP contribution in [0.15, 0.2) is 12.3 Å². The molecular weight excluding hydrogens is 186 g/mol. The van der Waals surface area contributed by atoms with Gasteiger partial charge in [-0.1, -0.05) is 18.5 Å². The molecule has 2 aromatic rings. The van der Waals surface area contributed by atoms with Crippen LogP contribution < -0.4 is 5.73 Å².